The van der Waals surface area contributed by atoms with E-state index in [2.05, 4.69) is 33.2 Å². The molecule has 2 N–H and O–H groups in total. The van der Waals surface area contributed by atoms with Gasteiger partial charge in [0.25, 0.3) is 5.91 Å². The average molecular weight is 547 g/mol. The Balaban J connectivity index is 1.38. The predicted molar refractivity (Wildman–Crippen MR) is 148 cm³/mol. The second-order valence-electron chi connectivity index (χ2n) is 10.9. The number of fused-ring (bicyclic) bond motifs is 6. The minimum atomic E-state index is -0.148. The number of aromatic nitrogens is 6. The first kappa shape index (κ1) is 24.3. The molecule has 11 nitrogen and oxygen atoms in total. The second-order valence-corrected chi connectivity index (χ2v) is 11.3. The lowest BCUT2D eigenvalue weighted by Gasteiger charge is -2.38. The molecule has 3 aromatic heterocycles. The summed E-state index contributed by atoms with van der Waals surface area (Å²) in [6.07, 6.45) is 5.48. The van der Waals surface area contributed by atoms with Crippen LogP contribution in [0.2, 0.25) is 5.02 Å². The molecule has 2 saturated heterocycles. The van der Waals surface area contributed by atoms with Crippen LogP contribution in [0.1, 0.15) is 52.6 Å². The number of carbonyl (C=O) groups excluding carboxylic acids is 1. The van der Waals surface area contributed by atoms with E-state index in [4.69, 9.17) is 27.4 Å². The highest BCUT2D eigenvalue weighted by molar-refractivity contribution is 6.31. The summed E-state index contributed by atoms with van der Waals surface area (Å²) < 4.78 is 3.70. The van der Waals surface area contributed by atoms with Crippen molar-refractivity contribution in [2.45, 2.75) is 44.3 Å². The molecule has 4 bridgehead atoms. The van der Waals surface area contributed by atoms with Crippen LogP contribution in [0.3, 0.4) is 0 Å². The predicted octanol–water partition coefficient (Wildman–Crippen LogP) is 2.53. The SMILES string of the molecule is CN1CCc2cn(nn2)Cc2ccc(Cl)cc2C(=O)N2CCCCC2c2cc3nc(N4CC(N)C4)cc1n3n2. The summed E-state index contributed by atoms with van der Waals surface area (Å²) in [5.74, 6) is 1.79. The van der Waals surface area contributed by atoms with Crippen LogP contribution in [0.25, 0.3) is 5.65 Å². The Hall–Kier alpha value is -3.70. The van der Waals surface area contributed by atoms with Gasteiger partial charge in [-0.05, 0) is 37.0 Å². The Morgan fingerprint density at radius 1 is 1.10 bits per heavy atom. The Kier molecular flexibility index (Phi) is 5.93. The van der Waals surface area contributed by atoms with E-state index in [-0.39, 0.29) is 18.0 Å². The molecule has 1 unspecified atom stereocenters. The monoisotopic (exact) mass is 546 g/mol. The molecule has 1 amide bonds. The summed E-state index contributed by atoms with van der Waals surface area (Å²) in [5.41, 5.74) is 10.0. The molecule has 202 valence electrons. The Morgan fingerprint density at radius 2 is 1.97 bits per heavy atom. The lowest BCUT2D eigenvalue weighted by molar-refractivity contribution is 0.0604. The first-order valence-electron chi connectivity index (χ1n) is 13.5. The zero-order chi connectivity index (χ0) is 26.7. The van der Waals surface area contributed by atoms with Crippen molar-refractivity contribution in [3.8, 4) is 0 Å². The number of halogens is 1. The van der Waals surface area contributed by atoms with Gasteiger partial charge in [-0.1, -0.05) is 22.9 Å². The summed E-state index contributed by atoms with van der Waals surface area (Å²) in [6, 6.07) is 9.65. The van der Waals surface area contributed by atoms with Crippen LogP contribution < -0.4 is 15.5 Å². The van der Waals surface area contributed by atoms with E-state index >= 15 is 0 Å². The number of piperidine rings is 1. The summed E-state index contributed by atoms with van der Waals surface area (Å²) in [6.45, 7) is 3.39. The highest BCUT2D eigenvalue weighted by atomic mass is 35.5. The fourth-order valence-corrected chi connectivity index (χ4v) is 6.06. The number of rotatable bonds is 1. The van der Waals surface area contributed by atoms with Crippen LogP contribution in [-0.2, 0) is 13.0 Å². The van der Waals surface area contributed by atoms with Crippen molar-refractivity contribution >= 4 is 34.8 Å². The molecule has 0 spiro atoms. The van der Waals surface area contributed by atoms with Crippen molar-refractivity contribution in [1.82, 2.24) is 34.5 Å². The number of carbonyl (C=O) groups is 1. The third-order valence-corrected chi connectivity index (χ3v) is 8.30. The van der Waals surface area contributed by atoms with Crippen molar-refractivity contribution in [1.29, 1.82) is 0 Å². The van der Waals surface area contributed by atoms with E-state index in [9.17, 15) is 4.79 Å². The Labute approximate surface area is 231 Å². The van der Waals surface area contributed by atoms with Gasteiger partial charge in [-0.3, -0.25) is 4.79 Å². The summed E-state index contributed by atoms with van der Waals surface area (Å²) in [5, 5.41) is 14.4. The highest BCUT2D eigenvalue weighted by Crippen LogP contribution is 2.34. The first-order chi connectivity index (χ1) is 18.9. The number of hydrogen-bond donors (Lipinski definition) is 1. The maximum absolute atomic E-state index is 14.1. The van der Waals surface area contributed by atoms with Gasteiger partial charge in [0.05, 0.1) is 24.0 Å². The van der Waals surface area contributed by atoms with Crippen molar-refractivity contribution in [2.24, 2.45) is 5.73 Å². The molecule has 0 aliphatic carbocycles. The Morgan fingerprint density at radius 3 is 2.82 bits per heavy atom. The third-order valence-electron chi connectivity index (χ3n) is 8.07. The normalized spacial score (nSPS) is 20.3. The molecular weight excluding hydrogens is 516 g/mol. The zero-order valence-electron chi connectivity index (χ0n) is 21.9. The molecule has 3 aliphatic heterocycles. The van der Waals surface area contributed by atoms with Gasteiger partial charge in [0.1, 0.15) is 11.6 Å². The molecule has 3 aliphatic rings. The standard InChI is InChI=1S/C27H31ClN10O/c1-34-9-7-20-16-36(33-31-20)13-17-5-6-18(28)10-21(17)27(39)37-8-3-2-4-23(37)22-11-25-30-24(35-14-19(29)15-35)12-26(34)38(25)32-22/h5-6,10-12,16,19,23H,2-4,7-9,13-15,29H2,1H3. The van der Waals surface area contributed by atoms with Gasteiger partial charge in [0, 0.05) is 74.6 Å². The molecule has 12 heteroatoms. The van der Waals surface area contributed by atoms with Gasteiger partial charge in [0.2, 0.25) is 0 Å². The maximum atomic E-state index is 14.1. The van der Waals surface area contributed by atoms with Gasteiger partial charge in [0.15, 0.2) is 5.65 Å². The van der Waals surface area contributed by atoms with E-state index < -0.39 is 0 Å². The van der Waals surface area contributed by atoms with Crippen LogP contribution >= 0.6 is 11.6 Å². The number of anilines is 2. The molecule has 1 aromatic carbocycles. The average Bonchev–Trinajstić information content (AvgIpc) is 3.56. The topological polar surface area (TPSA) is 114 Å². The fraction of sp³-hybridized carbons (Fsp3) is 0.444. The minimum absolute atomic E-state index is 0.0396. The first-order valence-corrected chi connectivity index (χ1v) is 13.9. The lowest BCUT2D eigenvalue weighted by atomic mass is 9.97. The van der Waals surface area contributed by atoms with Crippen molar-refractivity contribution in [2.75, 3.05) is 43.0 Å². The number of nitrogens with two attached hydrogens (primary N) is 1. The van der Waals surface area contributed by atoms with Crippen molar-refractivity contribution < 1.29 is 4.79 Å². The van der Waals surface area contributed by atoms with Gasteiger partial charge in [-0.15, -0.1) is 5.10 Å². The molecule has 7 rings (SSSR count). The van der Waals surface area contributed by atoms with Crippen LogP contribution in [-0.4, -0.2) is 79.7 Å². The largest absolute Gasteiger partial charge is 0.359 e. The van der Waals surface area contributed by atoms with Gasteiger partial charge < -0.3 is 20.4 Å². The van der Waals surface area contributed by atoms with Crippen LogP contribution in [0, 0.1) is 0 Å². The van der Waals surface area contributed by atoms with E-state index in [0.29, 0.717) is 30.1 Å². The molecule has 2 fully saturated rings. The molecule has 4 aromatic rings. The smallest absolute Gasteiger partial charge is 0.254 e. The molecule has 6 heterocycles. The van der Waals surface area contributed by atoms with Crippen molar-refractivity contribution in [3.05, 3.63) is 64.1 Å². The highest BCUT2D eigenvalue weighted by Gasteiger charge is 2.33. The number of nitrogens with zero attached hydrogens (tertiary/aromatic N) is 9. The number of likely N-dealkylation sites (N-methyl/N-ethyl adjacent to an activating group) is 1. The summed E-state index contributed by atoms with van der Waals surface area (Å²) in [7, 11) is 2.06. The second kappa shape index (κ2) is 9.49. The van der Waals surface area contributed by atoms with Gasteiger partial charge in [-0.2, -0.15) is 9.61 Å². The van der Waals surface area contributed by atoms with E-state index in [1.54, 1.807) is 10.7 Å². The van der Waals surface area contributed by atoms with Gasteiger partial charge in [-0.25, -0.2) is 9.67 Å². The van der Waals surface area contributed by atoms with E-state index in [1.165, 1.54) is 0 Å². The van der Waals surface area contributed by atoms with Crippen LogP contribution in [0.4, 0.5) is 11.6 Å². The zero-order valence-corrected chi connectivity index (χ0v) is 22.6. The summed E-state index contributed by atoms with van der Waals surface area (Å²) >= 11 is 6.40. The van der Waals surface area contributed by atoms with E-state index in [1.807, 2.05) is 33.8 Å². The van der Waals surface area contributed by atoms with Crippen LogP contribution in [0.5, 0.6) is 0 Å². The minimum Gasteiger partial charge on any atom is -0.359 e. The lowest BCUT2D eigenvalue weighted by Crippen LogP contribution is -2.56. The molecule has 1 atom stereocenters. The molecule has 39 heavy (non-hydrogen) atoms. The third kappa shape index (κ3) is 4.39. The summed E-state index contributed by atoms with van der Waals surface area (Å²) in [4.78, 5) is 25.4. The molecule has 0 saturated carbocycles. The molecule has 0 radical (unpaired) electrons. The van der Waals surface area contributed by atoms with E-state index in [0.717, 1.165) is 73.1 Å². The Bertz CT molecular complexity index is 1560. The maximum Gasteiger partial charge on any atom is 0.254 e. The van der Waals surface area contributed by atoms with Crippen LogP contribution in [0.15, 0.2) is 36.5 Å². The van der Waals surface area contributed by atoms with Crippen molar-refractivity contribution in [3.63, 3.8) is 0 Å². The number of hydrogen-bond acceptors (Lipinski definition) is 8. The molecular formula is C27H31ClN10O. The fourth-order valence-electron chi connectivity index (χ4n) is 5.88. The number of amides is 1. The number of benzene rings is 1. The van der Waals surface area contributed by atoms with Gasteiger partial charge >= 0.3 is 0 Å². The quantitative estimate of drug-likeness (QED) is 0.387.